The smallest absolute Gasteiger partial charge is 0.407 e. The molecule has 3 saturated heterocycles. The number of rotatable bonds is 18. The van der Waals surface area contributed by atoms with E-state index >= 15 is 28.8 Å². The fourth-order valence-electron chi connectivity index (χ4n) is 10.6. The van der Waals surface area contributed by atoms with Gasteiger partial charge in [0.2, 0.25) is 35.4 Å². The molecule has 21 heteroatoms. The van der Waals surface area contributed by atoms with Crippen molar-refractivity contribution in [2.45, 2.75) is 93.9 Å². The number of pyridine rings is 1. The third-order valence-electron chi connectivity index (χ3n) is 15.1. The van der Waals surface area contributed by atoms with Crippen molar-refractivity contribution in [3.63, 3.8) is 0 Å². The molecular weight excluding hydrogens is 1040 g/mol. The number of carbonyl (C=O) groups is 7. The molecule has 430 valence electrons. The number of H-pyrrole nitrogens is 1. The van der Waals surface area contributed by atoms with E-state index in [1.165, 1.54) is 4.90 Å². The molecule has 5 heterocycles. The van der Waals surface area contributed by atoms with E-state index in [2.05, 4.69) is 47.2 Å². The highest BCUT2D eigenvalue weighted by Crippen LogP contribution is 2.25. The van der Waals surface area contributed by atoms with Crippen molar-refractivity contribution in [1.29, 1.82) is 0 Å². The number of ether oxygens (including phenoxy) is 2. The summed E-state index contributed by atoms with van der Waals surface area (Å²) >= 11 is 0. The summed E-state index contributed by atoms with van der Waals surface area (Å²) < 4.78 is 11.8. The van der Waals surface area contributed by atoms with Crippen LogP contribution < -0.4 is 47.7 Å². The number of benzene rings is 4. The van der Waals surface area contributed by atoms with E-state index in [0.29, 0.717) is 56.1 Å². The number of nitrogens with two attached hydrogens (primary N) is 1. The van der Waals surface area contributed by atoms with Crippen LogP contribution in [0.4, 0.5) is 4.79 Å². The van der Waals surface area contributed by atoms with Crippen molar-refractivity contribution in [3.05, 3.63) is 168 Å². The molecule has 7 atom stereocenters. The number of aryl methyl sites for hydroxylation is 2. The first kappa shape index (κ1) is 58.0. The number of alkyl carbamates (subject to hydrolysis) is 1. The number of carbonyl (C=O) groups excluding carboxylic acids is 7. The van der Waals surface area contributed by atoms with E-state index in [1.807, 2.05) is 95.9 Å². The van der Waals surface area contributed by atoms with Gasteiger partial charge in [-0.15, -0.1) is 0 Å². The molecule has 1 unspecified atom stereocenters. The number of hydrogen-bond donors (Lipinski definition) is 9. The molecule has 6 aromatic rings. The Hall–Kier alpha value is -8.66. The highest BCUT2D eigenvalue weighted by Gasteiger charge is 2.45. The number of fused-ring (bicyclic) bond motifs is 2. The minimum absolute atomic E-state index is 0.0183. The van der Waals surface area contributed by atoms with Gasteiger partial charge in [-0.3, -0.25) is 38.7 Å². The molecule has 4 aromatic carbocycles. The average Bonchev–Trinajstić information content (AvgIpc) is 4.30. The summed E-state index contributed by atoms with van der Waals surface area (Å²) in [4.78, 5) is 115. The average molecular weight is 1120 g/mol. The topological polar surface area (TPSA) is 283 Å². The summed E-state index contributed by atoms with van der Waals surface area (Å²) in [6.45, 7) is 2.77. The molecule has 0 radical (unpaired) electrons. The van der Waals surface area contributed by atoms with Crippen LogP contribution in [-0.2, 0) is 65.8 Å². The van der Waals surface area contributed by atoms with Gasteiger partial charge < -0.3 is 62.3 Å². The Balaban J connectivity index is 1.10. The minimum atomic E-state index is -1.33. The lowest BCUT2D eigenvalue weighted by Crippen LogP contribution is -2.63. The van der Waals surface area contributed by atoms with Gasteiger partial charge in [-0.05, 0) is 77.8 Å². The van der Waals surface area contributed by atoms with Crippen LogP contribution in [0.2, 0.25) is 0 Å². The molecular formula is C61H72N12O9. The zero-order valence-electron chi connectivity index (χ0n) is 45.7. The van der Waals surface area contributed by atoms with E-state index in [4.69, 9.17) is 15.2 Å². The van der Waals surface area contributed by atoms with E-state index in [0.717, 1.165) is 27.6 Å². The van der Waals surface area contributed by atoms with E-state index in [9.17, 15) is 4.79 Å². The highest BCUT2D eigenvalue weighted by atomic mass is 16.6. The molecule has 7 amide bonds. The molecule has 21 nitrogen and oxygen atoms in total. The van der Waals surface area contributed by atoms with Crippen molar-refractivity contribution >= 4 is 52.4 Å². The van der Waals surface area contributed by atoms with Gasteiger partial charge in [0.25, 0.3) is 0 Å². The predicted molar refractivity (Wildman–Crippen MR) is 307 cm³/mol. The molecule has 3 fully saturated rings. The number of aromatic nitrogens is 2. The number of piperazine rings is 1. The highest BCUT2D eigenvalue weighted by molar-refractivity contribution is 5.99. The summed E-state index contributed by atoms with van der Waals surface area (Å²) in [5, 5.41) is 21.6. The first-order valence-electron chi connectivity index (χ1n) is 28.1. The standard InChI is InChI=1S/C61H72N12O9/c62-25-27-65-61(80)82-46-34-54-59(78)67-49(23-19-40-10-3-1-4-11-40)55(74)70-52(33-44-36-66-48-16-8-7-15-47(44)48)57(76)71-53(38-72-30-28-63-29-31-72)58(77)69-51(32-41-17-21-45(22-18-41)81-39-43-12-5-2-6-13-43)56(75)68-50(60(79)73(54)37-46)24-20-42-14-9-26-64-35-42/h1-18,21-22,26,35-36,46,49-54,63,66H,19-20,23-25,27-34,37-39,62H2,(H,65,80)(H,67,78)(H,68,75)(H,69,77)(H,70,74)(H,71,76)/t46-,49-,50+,51+,52-,53?,54+/m1/s1. The van der Waals surface area contributed by atoms with Gasteiger partial charge in [0, 0.05) is 94.6 Å². The minimum Gasteiger partial charge on any atom is -0.489 e. The maximum Gasteiger partial charge on any atom is 0.407 e. The van der Waals surface area contributed by atoms with Gasteiger partial charge in [-0.1, -0.05) is 97.1 Å². The summed E-state index contributed by atoms with van der Waals surface area (Å²) in [6, 6.07) is 29.6. The van der Waals surface area contributed by atoms with Crippen LogP contribution in [0.1, 0.15) is 47.1 Å². The lowest BCUT2D eigenvalue weighted by molar-refractivity contribution is -0.143. The molecule has 3 aliphatic heterocycles. The molecule has 2 aromatic heterocycles. The molecule has 3 aliphatic rings. The summed E-state index contributed by atoms with van der Waals surface area (Å²) in [7, 11) is 0. The summed E-state index contributed by atoms with van der Waals surface area (Å²) in [6.07, 6.45) is 3.70. The monoisotopic (exact) mass is 1120 g/mol. The van der Waals surface area contributed by atoms with Gasteiger partial charge in [0.15, 0.2) is 0 Å². The third kappa shape index (κ3) is 16.0. The SMILES string of the molecule is NCCNC(=O)O[C@@H]1C[C@H]2C(=O)N[C@H](CCc3ccccc3)C(=O)N[C@H](Cc3c[nH]c4ccccc34)C(=O)NC(CN3CCNCC3)C(=O)N[C@@H](Cc3ccc(OCc4ccccc4)cc3)C(=O)N[C@@H](CCc3cccnc3)C(=O)N2C1. The lowest BCUT2D eigenvalue weighted by atomic mass is 10.00. The summed E-state index contributed by atoms with van der Waals surface area (Å²) in [5.74, 6) is -3.55. The number of amides is 7. The Labute approximate surface area is 476 Å². The predicted octanol–water partition coefficient (Wildman–Crippen LogP) is 2.19. The van der Waals surface area contributed by atoms with Crippen LogP contribution >= 0.6 is 0 Å². The molecule has 0 saturated carbocycles. The van der Waals surface area contributed by atoms with E-state index in [-0.39, 0.29) is 64.7 Å². The maximum atomic E-state index is 15.4. The second-order valence-corrected chi connectivity index (χ2v) is 21.0. The van der Waals surface area contributed by atoms with Gasteiger partial charge in [0.05, 0.1) is 6.54 Å². The number of para-hydroxylation sites is 1. The quantitative estimate of drug-likeness (QED) is 0.0598. The molecule has 0 spiro atoms. The van der Waals surface area contributed by atoms with Crippen molar-refractivity contribution in [3.8, 4) is 5.75 Å². The van der Waals surface area contributed by atoms with Crippen molar-refractivity contribution in [2.75, 3.05) is 52.4 Å². The first-order valence-corrected chi connectivity index (χ1v) is 28.1. The van der Waals surface area contributed by atoms with Crippen LogP contribution in [-0.4, -0.2) is 156 Å². The molecule has 10 N–H and O–H groups in total. The number of nitrogens with zero attached hydrogens (tertiary/aromatic N) is 3. The number of aromatic amines is 1. The fourth-order valence-corrected chi connectivity index (χ4v) is 10.6. The molecule has 9 rings (SSSR count). The van der Waals surface area contributed by atoms with Gasteiger partial charge >= 0.3 is 6.09 Å². The second-order valence-electron chi connectivity index (χ2n) is 21.0. The van der Waals surface area contributed by atoms with Crippen LogP contribution in [0, 0.1) is 0 Å². The van der Waals surface area contributed by atoms with Gasteiger partial charge in [-0.25, -0.2) is 4.79 Å². The summed E-state index contributed by atoms with van der Waals surface area (Å²) in [5.41, 5.74) is 10.4. The van der Waals surface area contributed by atoms with Crippen molar-refractivity contribution < 1.29 is 43.0 Å². The largest absolute Gasteiger partial charge is 0.489 e. The van der Waals surface area contributed by atoms with Crippen LogP contribution in [0.15, 0.2) is 140 Å². The number of hydrogen-bond acceptors (Lipinski definition) is 13. The van der Waals surface area contributed by atoms with Gasteiger partial charge in [0.1, 0.15) is 54.7 Å². The molecule has 0 bridgehead atoms. The lowest BCUT2D eigenvalue weighted by Gasteiger charge is -2.33. The van der Waals surface area contributed by atoms with E-state index < -0.39 is 83.9 Å². The zero-order valence-corrected chi connectivity index (χ0v) is 45.7. The zero-order chi connectivity index (χ0) is 57.2. The Morgan fingerprint density at radius 3 is 1.96 bits per heavy atom. The van der Waals surface area contributed by atoms with Crippen LogP contribution in [0.3, 0.4) is 0 Å². The Morgan fingerprint density at radius 1 is 0.634 bits per heavy atom. The molecule has 82 heavy (non-hydrogen) atoms. The van der Waals surface area contributed by atoms with Crippen LogP contribution in [0.5, 0.6) is 5.75 Å². The fraction of sp³-hybridized carbons (Fsp3) is 0.377. The van der Waals surface area contributed by atoms with Gasteiger partial charge in [-0.2, -0.15) is 0 Å². The van der Waals surface area contributed by atoms with Crippen molar-refractivity contribution in [1.82, 2.24) is 57.0 Å². The maximum absolute atomic E-state index is 15.4. The Kier molecular flexibility index (Phi) is 20.3. The molecule has 0 aliphatic carbocycles. The number of nitrogens with one attached hydrogen (secondary N) is 8. The van der Waals surface area contributed by atoms with Crippen LogP contribution in [0.25, 0.3) is 10.9 Å². The Morgan fingerprint density at radius 2 is 1.24 bits per heavy atom. The van der Waals surface area contributed by atoms with Crippen molar-refractivity contribution in [2.24, 2.45) is 5.73 Å². The normalized spacial score (nSPS) is 22.4. The van der Waals surface area contributed by atoms with E-state index in [1.54, 1.807) is 48.9 Å². The Bertz CT molecular complexity index is 3110. The second kappa shape index (κ2) is 28.7. The first-order chi connectivity index (χ1) is 40.0. The third-order valence-corrected chi connectivity index (χ3v) is 15.1.